The Bertz CT molecular complexity index is 803. The third kappa shape index (κ3) is 6.45. The molecule has 166 valence electrons. The third-order valence-corrected chi connectivity index (χ3v) is 5.64. The van der Waals surface area contributed by atoms with Gasteiger partial charge in [0.25, 0.3) is 0 Å². The molecule has 0 aromatic heterocycles. The van der Waals surface area contributed by atoms with Crippen LogP contribution in [0.3, 0.4) is 0 Å². The molecule has 2 N–H and O–H groups in total. The molecule has 0 amide bonds. The highest BCUT2D eigenvalue weighted by atomic mass is 35.5. The SMILES string of the molecule is CC(=O)OCC1OC(Sc2cc(Cl)c(F)c(Cl)c2)C(OC(C)=O)C(N)C1OC(C)=O. The summed E-state index contributed by atoms with van der Waals surface area (Å²) in [6, 6.07) is 1.65. The minimum Gasteiger partial charge on any atom is -0.463 e. The lowest BCUT2D eigenvalue weighted by atomic mass is 9.97. The molecule has 1 aliphatic heterocycles. The van der Waals surface area contributed by atoms with Gasteiger partial charge in [-0.3, -0.25) is 14.4 Å². The van der Waals surface area contributed by atoms with Crippen LogP contribution in [-0.4, -0.2) is 54.3 Å². The van der Waals surface area contributed by atoms with Gasteiger partial charge in [0.05, 0.1) is 16.1 Å². The lowest BCUT2D eigenvalue weighted by molar-refractivity contribution is -0.201. The number of carbonyl (C=O) groups excluding carboxylic acids is 3. The smallest absolute Gasteiger partial charge is 0.303 e. The highest BCUT2D eigenvalue weighted by Crippen LogP contribution is 2.38. The lowest BCUT2D eigenvalue weighted by Crippen LogP contribution is -2.63. The number of hydrogen-bond acceptors (Lipinski definition) is 9. The van der Waals surface area contributed by atoms with Crippen LogP contribution in [0.4, 0.5) is 4.39 Å². The second kappa shape index (κ2) is 10.6. The number of hydrogen-bond donors (Lipinski definition) is 1. The van der Waals surface area contributed by atoms with Crippen molar-refractivity contribution in [3.63, 3.8) is 0 Å². The van der Waals surface area contributed by atoms with Crippen molar-refractivity contribution in [2.75, 3.05) is 6.61 Å². The summed E-state index contributed by atoms with van der Waals surface area (Å²) >= 11 is 12.7. The quantitative estimate of drug-likeness (QED) is 0.370. The van der Waals surface area contributed by atoms with Crippen LogP contribution in [0.15, 0.2) is 17.0 Å². The number of halogens is 3. The van der Waals surface area contributed by atoms with Gasteiger partial charge in [-0.05, 0) is 12.1 Å². The van der Waals surface area contributed by atoms with Crippen molar-refractivity contribution in [3.8, 4) is 0 Å². The molecule has 1 aromatic carbocycles. The Morgan fingerprint density at radius 1 is 1.07 bits per heavy atom. The average molecular weight is 484 g/mol. The van der Waals surface area contributed by atoms with Crippen LogP contribution in [0.1, 0.15) is 20.8 Å². The summed E-state index contributed by atoms with van der Waals surface area (Å²) in [6.07, 6.45) is -3.04. The van der Waals surface area contributed by atoms with E-state index in [2.05, 4.69) is 0 Å². The van der Waals surface area contributed by atoms with E-state index in [1.807, 2.05) is 0 Å². The van der Waals surface area contributed by atoms with E-state index in [4.69, 9.17) is 47.9 Å². The van der Waals surface area contributed by atoms with Gasteiger partial charge in [-0.1, -0.05) is 35.0 Å². The van der Waals surface area contributed by atoms with Crippen LogP contribution in [0, 0.1) is 5.82 Å². The Morgan fingerprint density at radius 2 is 1.60 bits per heavy atom. The second-order valence-corrected chi connectivity index (χ2v) is 8.38. The molecule has 0 aliphatic carbocycles. The van der Waals surface area contributed by atoms with Gasteiger partial charge in [0.1, 0.15) is 24.3 Å². The highest BCUT2D eigenvalue weighted by molar-refractivity contribution is 7.99. The number of esters is 3. The molecule has 1 heterocycles. The fourth-order valence-electron chi connectivity index (χ4n) is 2.78. The zero-order valence-corrected chi connectivity index (χ0v) is 18.6. The minimum absolute atomic E-state index is 0.205. The Hall–Kier alpha value is -1.59. The molecule has 0 radical (unpaired) electrons. The number of nitrogens with two attached hydrogens (primary N) is 1. The van der Waals surface area contributed by atoms with Crippen molar-refractivity contribution in [3.05, 3.63) is 28.0 Å². The topological polar surface area (TPSA) is 114 Å². The van der Waals surface area contributed by atoms with Gasteiger partial charge in [-0.15, -0.1) is 0 Å². The highest BCUT2D eigenvalue weighted by Gasteiger charge is 2.48. The predicted octanol–water partition coefficient (Wildman–Crippen LogP) is 2.70. The summed E-state index contributed by atoms with van der Waals surface area (Å²) in [6.45, 7) is 3.32. The van der Waals surface area contributed by atoms with Gasteiger partial charge < -0.3 is 24.7 Å². The van der Waals surface area contributed by atoms with E-state index in [-0.39, 0.29) is 16.7 Å². The molecular weight excluding hydrogens is 464 g/mol. The normalized spacial score (nSPS) is 26.0. The van der Waals surface area contributed by atoms with Crippen LogP contribution in [0.25, 0.3) is 0 Å². The van der Waals surface area contributed by atoms with Gasteiger partial charge >= 0.3 is 17.9 Å². The van der Waals surface area contributed by atoms with E-state index >= 15 is 0 Å². The van der Waals surface area contributed by atoms with Crippen molar-refractivity contribution in [2.45, 2.75) is 55.5 Å². The first-order valence-electron chi connectivity index (χ1n) is 8.69. The first-order valence-corrected chi connectivity index (χ1v) is 10.3. The Kier molecular flexibility index (Phi) is 8.74. The van der Waals surface area contributed by atoms with Gasteiger partial charge in [-0.2, -0.15) is 0 Å². The summed E-state index contributed by atoms with van der Waals surface area (Å²) < 4.78 is 35.2. The van der Waals surface area contributed by atoms with Gasteiger partial charge in [0.2, 0.25) is 0 Å². The molecule has 5 atom stereocenters. The second-order valence-electron chi connectivity index (χ2n) is 6.39. The maximum Gasteiger partial charge on any atom is 0.303 e. The Labute approximate surface area is 186 Å². The summed E-state index contributed by atoms with van der Waals surface area (Å²) in [7, 11) is 0. The maximum absolute atomic E-state index is 13.7. The number of benzene rings is 1. The predicted molar refractivity (Wildman–Crippen MR) is 107 cm³/mol. The fraction of sp³-hybridized carbons (Fsp3) is 0.500. The van der Waals surface area contributed by atoms with E-state index in [0.717, 1.165) is 11.8 Å². The van der Waals surface area contributed by atoms with Crippen LogP contribution >= 0.6 is 35.0 Å². The average Bonchev–Trinajstić information content (AvgIpc) is 2.63. The van der Waals surface area contributed by atoms with Crippen LogP contribution < -0.4 is 5.73 Å². The first kappa shape index (κ1) is 24.7. The third-order valence-electron chi connectivity index (χ3n) is 3.97. The zero-order valence-electron chi connectivity index (χ0n) is 16.2. The van der Waals surface area contributed by atoms with Crippen molar-refractivity contribution in [2.24, 2.45) is 5.73 Å². The number of ether oxygens (including phenoxy) is 4. The van der Waals surface area contributed by atoms with Gasteiger partial charge in [-0.25, -0.2) is 4.39 Å². The van der Waals surface area contributed by atoms with Gasteiger partial charge in [0, 0.05) is 25.7 Å². The van der Waals surface area contributed by atoms with Crippen LogP contribution in [0.5, 0.6) is 0 Å². The molecule has 1 aliphatic rings. The van der Waals surface area contributed by atoms with Crippen molar-refractivity contribution in [1.29, 1.82) is 0 Å². The lowest BCUT2D eigenvalue weighted by Gasteiger charge is -2.43. The molecule has 0 bridgehead atoms. The van der Waals surface area contributed by atoms with Crippen molar-refractivity contribution in [1.82, 2.24) is 0 Å². The summed E-state index contributed by atoms with van der Waals surface area (Å²) in [5.74, 6) is -2.63. The van der Waals surface area contributed by atoms with Gasteiger partial charge in [0.15, 0.2) is 11.9 Å². The van der Waals surface area contributed by atoms with E-state index in [1.54, 1.807) is 0 Å². The molecule has 12 heteroatoms. The van der Waals surface area contributed by atoms with Crippen molar-refractivity contribution >= 4 is 52.9 Å². The summed E-state index contributed by atoms with van der Waals surface area (Å²) in [5, 5.41) is -0.410. The maximum atomic E-state index is 13.7. The molecule has 8 nitrogen and oxygen atoms in total. The summed E-state index contributed by atoms with van der Waals surface area (Å²) in [5.41, 5.74) is 5.32. The van der Waals surface area contributed by atoms with E-state index in [9.17, 15) is 18.8 Å². The Morgan fingerprint density at radius 3 is 2.10 bits per heavy atom. The molecule has 5 unspecified atom stereocenters. The largest absolute Gasteiger partial charge is 0.463 e. The molecule has 1 aromatic rings. The van der Waals surface area contributed by atoms with E-state index in [0.29, 0.717) is 4.90 Å². The molecule has 2 rings (SSSR count). The standard InChI is InChI=1S/C18H20Cl2FNO7S/c1-7(23)26-6-13-16(27-8(2)24)15(22)17(28-9(3)25)18(29-13)30-10-4-11(19)14(21)12(20)5-10/h4-5,13,15-18H,6,22H2,1-3H3. The minimum atomic E-state index is -1.05. The van der Waals surface area contributed by atoms with Crippen molar-refractivity contribution < 1.29 is 37.7 Å². The summed E-state index contributed by atoms with van der Waals surface area (Å²) in [4.78, 5) is 34.8. The first-order chi connectivity index (χ1) is 14.0. The molecule has 1 saturated heterocycles. The number of rotatable bonds is 6. The Balaban J connectivity index is 2.35. The molecule has 0 spiro atoms. The van der Waals surface area contributed by atoms with Crippen LogP contribution in [-0.2, 0) is 33.3 Å². The zero-order chi connectivity index (χ0) is 22.6. The monoisotopic (exact) mass is 483 g/mol. The molecular formula is C18H20Cl2FNO7S. The molecule has 1 fully saturated rings. The van der Waals surface area contributed by atoms with Crippen LogP contribution in [0.2, 0.25) is 10.0 Å². The molecule has 30 heavy (non-hydrogen) atoms. The molecule has 0 saturated carbocycles. The fourth-order valence-corrected chi connectivity index (χ4v) is 4.60. The number of thioether (sulfide) groups is 1. The number of carbonyl (C=O) groups is 3. The van der Waals surface area contributed by atoms with E-state index in [1.165, 1.54) is 32.9 Å². The van der Waals surface area contributed by atoms with E-state index < -0.39 is 53.5 Å².